The molecule has 0 aliphatic carbocycles. The molecule has 0 amide bonds. The summed E-state index contributed by atoms with van der Waals surface area (Å²) in [7, 11) is -1.14. The van der Waals surface area contributed by atoms with Crippen LogP contribution in [0.3, 0.4) is 0 Å². The van der Waals surface area contributed by atoms with Crippen molar-refractivity contribution in [3.8, 4) is 0 Å². The maximum atomic E-state index is 12.2. The average Bonchev–Trinajstić information content (AvgIpc) is 2.50. The summed E-state index contributed by atoms with van der Waals surface area (Å²) < 4.78 is 24.4. The van der Waals surface area contributed by atoms with Gasteiger partial charge in [-0.25, -0.2) is 8.42 Å². The van der Waals surface area contributed by atoms with Crippen LogP contribution in [0, 0.1) is 0 Å². The molecule has 1 saturated heterocycles. The number of hydrogen-bond donors (Lipinski definition) is 1. The zero-order valence-electron chi connectivity index (χ0n) is 12.6. The summed E-state index contributed by atoms with van der Waals surface area (Å²) in [5, 5.41) is 2.71. The lowest BCUT2D eigenvalue weighted by Crippen LogP contribution is -2.47. The van der Waals surface area contributed by atoms with Crippen LogP contribution in [0.5, 0.6) is 0 Å². The van der Waals surface area contributed by atoms with E-state index < -0.39 is 9.84 Å². The van der Waals surface area contributed by atoms with Gasteiger partial charge in [0.25, 0.3) is 0 Å². The number of thioether (sulfide) groups is 1. The standard InChI is InChI=1S/C14H23N3O2S2/c1-3-21(18,19)14-11-20-7-6-17(14)10-13-5-4-12(8-15-2)9-16-13/h4-5,9,14-15H,3,6-8,10-11H2,1-2H3. The normalized spacial score (nSPS) is 20.6. The van der Waals surface area contributed by atoms with E-state index in [-0.39, 0.29) is 11.1 Å². The lowest BCUT2D eigenvalue weighted by molar-refractivity contribution is 0.258. The van der Waals surface area contributed by atoms with Crippen molar-refractivity contribution >= 4 is 21.6 Å². The number of sulfone groups is 1. The van der Waals surface area contributed by atoms with Crippen molar-refractivity contribution in [1.29, 1.82) is 0 Å². The molecule has 0 spiro atoms. The van der Waals surface area contributed by atoms with Crippen LogP contribution in [0.1, 0.15) is 18.2 Å². The van der Waals surface area contributed by atoms with E-state index in [9.17, 15) is 8.42 Å². The molecule has 7 heteroatoms. The van der Waals surface area contributed by atoms with Gasteiger partial charge in [-0.2, -0.15) is 11.8 Å². The fourth-order valence-electron chi connectivity index (χ4n) is 2.38. The first-order valence-electron chi connectivity index (χ1n) is 7.18. The summed E-state index contributed by atoms with van der Waals surface area (Å²) in [6.45, 7) is 3.91. The minimum Gasteiger partial charge on any atom is -0.316 e. The Kier molecular flexibility index (Phi) is 6.04. The summed E-state index contributed by atoms with van der Waals surface area (Å²) in [6.07, 6.45) is 1.86. The minimum atomic E-state index is -3.04. The molecule has 0 aromatic carbocycles. The van der Waals surface area contributed by atoms with E-state index in [1.54, 1.807) is 18.7 Å². The number of pyridine rings is 1. The summed E-state index contributed by atoms with van der Waals surface area (Å²) in [6, 6.07) is 4.03. The third-order valence-corrected chi connectivity index (χ3v) is 6.97. The SMILES string of the molecule is CCS(=O)(=O)C1CSCCN1Cc1ccc(CNC)cn1. The van der Waals surface area contributed by atoms with E-state index in [1.165, 1.54) is 0 Å². The third kappa shape index (κ3) is 4.42. The second-order valence-corrected chi connectivity index (χ2v) is 8.74. The van der Waals surface area contributed by atoms with Crippen LogP contribution in [-0.4, -0.2) is 54.5 Å². The van der Waals surface area contributed by atoms with Crippen molar-refractivity contribution < 1.29 is 8.42 Å². The third-order valence-electron chi connectivity index (χ3n) is 3.64. The number of hydrogen-bond acceptors (Lipinski definition) is 6. The average molecular weight is 329 g/mol. The van der Waals surface area contributed by atoms with E-state index in [0.717, 1.165) is 30.1 Å². The molecular weight excluding hydrogens is 306 g/mol. The molecule has 1 unspecified atom stereocenters. The molecule has 1 atom stereocenters. The molecule has 2 heterocycles. The quantitative estimate of drug-likeness (QED) is 0.844. The molecule has 0 bridgehead atoms. The minimum absolute atomic E-state index is 0.198. The van der Waals surface area contributed by atoms with Crippen molar-refractivity contribution in [2.75, 3.05) is 30.9 Å². The van der Waals surface area contributed by atoms with Crippen LogP contribution in [0.15, 0.2) is 18.3 Å². The summed E-state index contributed by atoms with van der Waals surface area (Å²) >= 11 is 1.72. The van der Waals surface area contributed by atoms with Crippen LogP contribution in [-0.2, 0) is 22.9 Å². The monoisotopic (exact) mass is 329 g/mol. The molecule has 2 rings (SSSR count). The van der Waals surface area contributed by atoms with Crippen LogP contribution < -0.4 is 5.32 Å². The number of rotatable bonds is 6. The zero-order chi connectivity index (χ0) is 15.3. The highest BCUT2D eigenvalue weighted by Gasteiger charge is 2.32. The van der Waals surface area contributed by atoms with Gasteiger partial charge in [0, 0.05) is 43.1 Å². The maximum Gasteiger partial charge on any atom is 0.166 e. The molecule has 1 fully saturated rings. The molecule has 118 valence electrons. The first-order valence-corrected chi connectivity index (χ1v) is 10.1. The molecule has 1 aliphatic rings. The summed E-state index contributed by atoms with van der Waals surface area (Å²) in [4.78, 5) is 6.50. The summed E-state index contributed by atoms with van der Waals surface area (Å²) in [5.41, 5.74) is 2.06. The van der Waals surface area contributed by atoms with Crippen LogP contribution >= 0.6 is 11.8 Å². The van der Waals surface area contributed by atoms with Crippen LogP contribution in [0.25, 0.3) is 0 Å². The van der Waals surface area contributed by atoms with Crippen molar-refractivity contribution in [1.82, 2.24) is 15.2 Å². The van der Waals surface area contributed by atoms with Gasteiger partial charge in [0.2, 0.25) is 0 Å². The molecule has 0 saturated carbocycles. The molecular formula is C14H23N3O2S2. The van der Waals surface area contributed by atoms with Crippen molar-refractivity contribution in [2.24, 2.45) is 0 Å². The van der Waals surface area contributed by atoms with Crippen molar-refractivity contribution in [2.45, 2.75) is 25.4 Å². The van der Waals surface area contributed by atoms with Gasteiger partial charge < -0.3 is 5.32 Å². The van der Waals surface area contributed by atoms with Gasteiger partial charge in [-0.1, -0.05) is 13.0 Å². The molecule has 1 aromatic rings. The number of aromatic nitrogens is 1. The Bertz CT molecular complexity index is 546. The lowest BCUT2D eigenvalue weighted by atomic mass is 10.2. The Morgan fingerprint density at radius 1 is 1.48 bits per heavy atom. The van der Waals surface area contributed by atoms with Gasteiger partial charge in [-0.05, 0) is 18.7 Å². The van der Waals surface area contributed by atoms with Crippen LogP contribution in [0.2, 0.25) is 0 Å². The van der Waals surface area contributed by atoms with E-state index in [4.69, 9.17) is 0 Å². The Hall–Kier alpha value is -0.630. The Morgan fingerprint density at radius 3 is 2.90 bits per heavy atom. The number of nitrogens with zero attached hydrogens (tertiary/aromatic N) is 2. The smallest absolute Gasteiger partial charge is 0.166 e. The van der Waals surface area contributed by atoms with Gasteiger partial charge in [0.1, 0.15) is 5.37 Å². The van der Waals surface area contributed by atoms with E-state index in [2.05, 4.69) is 15.2 Å². The van der Waals surface area contributed by atoms with E-state index in [0.29, 0.717) is 12.3 Å². The Morgan fingerprint density at radius 2 is 2.29 bits per heavy atom. The topological polar surface area (TPSA) is 62.3 Å². The highest BCUT2D eigenvalue weighted by molar-refractivity contribution is 8.01. The highest BCUT2D eigenvalue weighted by Crippen LogP contribution is 2.23. The predicted molar refractivity (Wildman–Crippen MR) is 88.0 cm³/mol. The second kappa shape index (κ2) is 7.58. The van der Waals surface area contributed by atoms with E-state index in [1.807, 2.05) is 25.4 Å². The fourth-order valence-corrected chi connectivity index (χ4v) is 5.46. The molecule has 1 aliphatic heterocycles. The maximum absolute atomic E-state index is 12.2. The fraction of sp³-hybridized carbons (Fsp3) is 0.643. The van der Waals surface area contributed by atoms with Gasteiger partial charge >= 0.3 is 0 Å². The first-order chi connectivity index (χ1) is 10.1. The van der Waals surface area contributed by atoms with Crippen molar-refractivity contribution in [3.63, 3.8) is 0 Å². The molecule has 21 heavy (non-hydrogen) atoms. The zero-order valence-corrected chi connectivity index (χ0v) is 14.2. The van der Waals surface area contributed by atoms with Gasteiger partial charge in [0.05, 0.1) is 5.69 Å². The van der Waals surface area contributed by atoms with Gasteiger partial charge in [-0.3, -0.25) is 9.88 Å². The Labute approximate surface area is 131 Å². The Balaban J connectivity index is 2.08. The van der Waals surface area contributed by atoms with Crippen LogP contribution in [0.4, 0.5) is 0 Å². The molecule has 5 nitrogen and oxygen atoms in total. The lowest BCUT2D eigenvalue weighted by Gasteiger charge is -2.34. The van der Waals surface area contributed by atoms with Crippen molar-refractivity contribution in [3.05, 3.63) is 29.6 Å². The largest absolute Gasteiger partial charge is 0.316 e. The summed E-state index contributed by atoms with van der Waals surface area (Å²) in [5.74, 6) is 1.84. The second-order valence-electron chi connectivity index (χ2n) is 5.14. The van der Waals surface area contributed by atoms with E-state index >= 15 is 0 Å². The predicted octanol–water partition coefficient (Wildman–Crippen LogP) is 1.11. The number of nitrogens with one attached hydrogen (secondary N) is 1. The highest BCUT2D eigenvalue weighted by atomic mass is 32.2. The first kappa shape index (κ1) is 16.7. The molecule has 0 radical (unpaired) electrons. The molecule has 1 aromatic heterocycles. The van der Waals surface area contributed by atoms with Gasteiger partial charge in [-0.15, -0.1) is 0 Å². The molecule has 1 N–H and O–H groups in total. The van der Waals surface area contributed by atoms with Gasteiger partial charge in [0.15, 0.2) is 9.84 Å².